The van der Waals surface area contributed by atoms with E-state index >= 15 is 0 Å². The normalized spacial score (nSPS) is 12.3. The van der Waals surface area contributed by atoms with E-state index < -0.39 is 0 Å². The Morgan fingerprint density at radius 1 is 1.35 bits per heavy atom. The summed E-state index contributed by atoms with van der Waals surface area (Å²) in [6.07, 6.45) is 3.16. The Labute approximate surface area is 100 Å². The number of hydrogen-bond donors (Lipinski definition) is 0. The summed E-state index contributed by atoms with van der Waals surface area (Å²) in [5, 5.41) is 2.29. The van der Waals surface area contributed by atoms with Crippen LogP contribution >= 0.6 is 0 Å². The van der Waals surface area contributed by atoms with Crippen molar-refractivity contribution >= 4 is 17.2 Å². The van der Waals surface area contributed by atoms with Crippen LogP contribution in [0.25, 0.3) is 10.8 Å². The largest absolute Gasteiger partial charge is 0.464 e. The fourth-order valence-corrected chi connectivity index (χ4v) is 1.93. The quantitative estimate of drug-likeness (QED) is 0.740. The SMILES string of the molecule is CCC(Cc1nccc2ccccc12)OC=O. The molecule has 3 nitrogen and oxygen atoms in total. The van der Waals surface area contributed by atoms with E-state index in [-0.39, 0.29) is 6.10 Å². The summed E-state index contributed by atoms with van der Waals surface area (Å²) in [6.45, 7) is 2.51. The van der Waals surface area contributed by atoms with Crippen LogP contribution in [0.4, 0.5) is 0 Å². The Balaban J connectivity index is 2.31. The molecule has 88 valence electrons. The van der Waals surface area contributed by atoms with Gasteiger partial charge in [0.25, 0.3) is 6.47 Å². The van der Waals surface area contributed by atoms with E-state index in [1.165, 1.54) is 5.39 Å². The first-order chi connectivity index (χ1) is 8.35. The summed E-state index contributed by atoms with van der Waals surface area (Å²) in [6, 6.07) is 10.1. The number of fused-ring (bicyclic) bond motifs is 1. The van der Waals surface area contributed by atoms with Gasteiger partial charge in [-0.3, -0.25) is 9.78 Å². The minimum Gasteiger partial charge on any atom is -0.464 e. The maximum absolute atomic E-state index is 10.4. The lowest BCUT2D eigenvalue weighted by Crippen LogP contribution is -2.15. The van der Waals surface area contributed by atoms with Gasteiger partial charge in [-0.05, 0) is 17.9 Å². The van der Waals surface area contributed by atoms with Crippen LogP contribution in [0.5, 0.6) is 0 Å². The molecule has 17 heavy (non-hydrogen) atoms. The zero-order chi connectivity index (χ0) is 12.1. The maximum Gasteiger partial charge on any atom is 0.293 e. The molecule has 0 spiro atoms. The lowest BCUT2D eigenvalue weighted by molar-refractivity contribution is -0.133. The van der Waals surface area contributed by atoms with E-state index in [0.717, 1.165) is 17.5 Å². The average Bonchev–Trinajstić information content (AvgIpc) is 2.38. The summed E-state index contributed by atoms with van der Waals surface area (Å²) < 4.78 is 5.02. The molecule has 2 rings (SSSR count). The van der Waals surface area contributed by atoms with E-state index in [2.05, 4.69) is 11.1 Å². The number of benzene rings is 1. The van der Waals surface area contributed by atoms with Gasteiger partial charge in [-0.25, -0.2) is 0 Å². The van der Waals surface area contributed by atoms with Crippen molar-refractivity contribution in [1.82, 2.24) is 4.98 Å². The Hall–Kier alpha value is -1.90. The maximum atomic E-state index is 10.4. The molecule has 1 aromatic heterocycles. The van der Waals surface area contributed by atoms with Gasteiger partial charge in [0, 0.05) is 18.0 Å². The number of aromatic nitrogens is 1. The molecule has 0 radical (unpaired) electrons. The van der Waals surface area contributed by atoms with Crippen LogP contribution in [0.1, 0.15) is 19.0 Å². The van der Waals surface area contributed by atoms with Crippen LogP contribution in [-0.2, 0) is 16.0 Å². The molecule has 1 aromatic carbocycles. The monoisotopic (exact) mass is 229 g/mol. The zero-order valence-electron chi connectivity index (χ0n) is 9.80. The van der Waals surface area contributed by atoms with Gasteiger partial charge in [-0.15, -0.1) is 0 Å². The Morgan fingerprint density at radius 3 is 2.94 bits per heavy atom. The molecule has 3 heteroatoms. The van der Waals surface area contributed by atoms with Crippen LogP contribution in [-0.4, -0.2) is 17.6 Å². The number of ether oxygens (including phenoxy) is 1. The lowest BCUT2D eigenvalue weighted by Gasteiger charge is -2.13. The van der Waals surface area contributed by atoms with Crippen molar-refractivity contribution in [3.05, 3.63) is 42.2 Å². The van der Waals surface area contributed by atoms with E-state index in [1.54, 1.807) is 6.20 Å². The Kier molecular flexibility index (Phi) is 3.70. The molecule has 0 aliphatic rings. The molecule has 2 aromatic rings. The molecule has 0 amide bonds. The summed E-state index contributed by atoms with van der Waals surface area (Å²) in [5.41, 5.74) is 0.983. The van der Waals surface area contributed by atoms with Crippen LogP contribution in [0.3, 0.4) is 0 Å². The minimum atomic E-state index is -0.0918. The van der Waals surface area contributed by atoms with E-state index in [4.69, 9.17) is 4.74 Å². The van der Waals surface area contributed by atoms with Crippen LogP contribution in [0.15, 0.2) is 36.5 Å². The van der Waals surface area contributed by atoms with Crippen molar-refractivity contribution in [1.29, 1.82) is 0 Å². The summed E-state index contributed by atoms with van der Waals surface area (Å²) in [5.74, 6) is 0. The molecule has 0 N–H and O–H groups in total. The smallest absolute Gasteiger partial charge is 0.293 e. The van der Waals surface area contributed by atoms with Crippen molar-refractivity contribution in [3.8, 4) is 0 Å². The van der Waals surface area contributed by atoms with Crippen LogP contribution in [0.2, 0.25) is 0 Å². The molecule has 0 saturated carbocycles. The van der Waals surface area contributed by atoms with Gasteiger partial charge < -0.3 is 4.74 Å². The van der Waals surface area contributed by atoms with Crippen molar-refractivity contribution in [3.63, 3.8) is 0 Å². The molecule has 1 atom stereocenters. The van der Waals surface area contributed by atoms with E-state index in [9.17, 15) is 4.79 Å². The highest BCUT2D eigenvalue weighted by Crippen LogP contribution is 2.18. The highest BCUT2D eigenvalue weighted by atomic mass is 16.5. The fourth-order valence-electron chi connectivity index (χ4n) is 1.93. The molecule has 0 saturated heterocycles. The number of rotatable bonds is 5. The molecule has 0 bridgehead atoms. The van der Waals surface area contributed by atoms with Crippen LogP contribution < -0.4 is 0 Å². The standard InChI is InChI=1S/C14H15NO2/c1-2-12(17-10-16)9-14-13-6-4-3-5-11(13)7-8-15-14/h3-8,10,12H,2,9H2,1H3. The predicted molar refractivity (Wildman–Crippen MR) is 66.7 cm³/mol. The molecule has 1 unspecified atom stereocenters. The van der Waals surface area contributed by atoms with Gasteiger partial charge in [0.05, 0.1) is 5.69 Å². The second-order valence-corrected chi connectivity index (χ2v) is 3.95. The molecule has 0 aliphatic carbocycles. The lowest BCUT2D eigenvalue weighted by atomic mass is 10.0. The van der Waals surface area contributed by atoms with Crippen LogP contribution in [0, 0.1) is 0 Å². The third kappa shape index (κ3) is 2.61. The molecule has 0 aliphatic heterocycles. The van der Waals surface area contributed by atoms with Gasteiger partial charge in [0.1, 0.15) is 6.10 Å². The molecular formula is C14H15NO2. The summed E-state index contributed by atoms with van der Waals surface area (Å²) in [4.78, 5) is 14.8. The topological polar surface area (TPSA) is 39.2 Å². The van der Waals surface area contributed by atoms with E-state index in [1.807, 2.05) is 31.2 Å². The second kappa shape index (κ2) is 5.43. The van der Waals surface area contributed by atoms with Crippen molar-refractivity contribution in [2.24, 2.45) is 0 Å². The highest BCUT2D eigenvalue weighted by molar-refractivity contribution is 5.84. The first-order valence-corrected chi connectivity index (χ1v) is 5.77. The van der Waals surface area contributed by atoms with Gasteiger partial charge in [-0.1, -0.05) is 31.2 Å². The van der Waals surface area contributed by atoms with Gasteiger partial charge in [0.2, 0.25) is 0 Å². The minimum absolute atomic E-state index is 0.0918. The number of pyridine rings is 1. The van der Waals surface area contributed by atoms with E-state index in [0.29, 0.717) is 12.9 Å². The van der Waals surface area contributed by atoms with Gasteiger partial charge in [0.15, 0.2) is 0 Å². The molecule has 1 heterocycles. The third-order valence-electron chi connectivity index (χ3n) is 2.88. The first kappa shape index (κ1) is 11.6. The number of carbonyl (C=O) groups is 1. The summed E-state index contributed by atoms with van der Waals surface area (Å²) in [7, 11) is 0. The first-order valence-electron chi connectivity index (χ1n) is 5.77. The van der Waals surface area contributed by atoms with Gasteiger partial charge >= 0.3 is 0 Å². The van der Waals surface area contributed by atoms with Crippen molar-refractivity contribution in [2.45, 2.75) is 25.9 Å². The number of hydrogen-bond acceptors (Lipinski definition) is 3. The number of nitrogens with zero attached hydrogens (tertiary/aromatic N) is 1. The Bertz CT molecular complexity index is 505. The average molecular weight is 229 g/mol. The third-order valence-corrected chi connectivity index (χ3v) is 2.88. The van der Waals surface area contributed by atoms with Gasteiger partial charge in [-0.2, -0.15) is 0 Å². The number of carbonyl (C=O) groups excluding carboxylic acids is 1. The van der Waals surface area contributed by atoms with Crippen molar-refractivity contribution < 1.29 is 9.53 Å². The zero-order valence-corrected chi connectivity index (χ0v) is 9.80. The fraction of sp³-hybridized carbons (Fsp3) is 0.286. The van der Waals surface area contributed by atoms with Crippen molar-refractivity contribution in [2.75, 3.05) is 0 Å². The molecule has 0 fully saturated rings. The second-order valence-electron chi connectivity index (χ2n) is 3.95. The Morgan fingerprint density at radius 2 is 2.18 bits per heavy atom. The summed E-state index contributed by atoms with van der Waals surface area (Å²) >= 11 is 0. The predicted octanol–water partition coefficient (Wildman–Crippen LogP) is 2.73. The highest BCUT2D eigenvalue weighted by Gasteiger charge is 2.11. The molecular weight excluding hydrogens is 214 g/mol.